The van der Waals surface area contributed by atoms with E-state index in [1.165, 1.54) is 12.0 Å². The van der Waals surface area contributed by atoms with Crippen LogP contribution in [0.3, 0.4) is 0 Å². The fraction of sp³-hybridized carbons (Fsp3) is 0.833. The van der Waals surface area contributed by atoms with Crippen LogP contribution in [0.4, 0.5) is 4.79 Å². The number of rotatable bonds is 2. The molecular formula is C12H21N3O5S. The first-order valence-electron chi connectivity index (χ1n) is 6.74. The van der Waals surface area contributed by atoms with Gasteiger partial charge >= 0.3 is 6.09 Å². The van der Waals surface area contributed by atoms with Crippen molar-refractivity contribution in [2.24, 2.45) is 0 Å². The maximum absolute atomic E-state index is 12.3. The van der Waals surface area contributed by atoms with Crippen LogP contribution in [0.2, 0.25) is 0 Å². The van der Waals surface area contributed by atoms with Crippen LogP contribution in [0.15, 0.2) is 0 Å². The van der Waals surface area contributed by atoms with Gasteiger partial charge in [0.2, 0.25) is 5.91 Å². The number of nitrogens with zero attached hydrogens (tertiary/aromatic N) is 3. The van der Waals surface area contributed by atoms with E-state index in [4.69, 9.17) is 4.74 Å². The molecule has 0 unspecified atom stereocenters. The predicted octanol–water partition coefficient (Wildman–Crippen LogP) is -1.38. The van der Waals surface area contributed by atoms with Gasteiger partial charge in [0, 0.05) is 13.1 Å². The van der Waals surface area contributed by atoms with Gasteiger partial charge in [0.15, 0.2) is 9.84 Å². The Kier molecular flexibility index (Phi) is 4.43. The van der Waals surface area contributed by atoms with Gasteiger partial charge in [-0.2, -0.15) is 0 Å². The second-order valence-corrected chi connectivity index (χ2v) is 7.85. The SMILES string of the molecule is COC(=O)N1CCN(C(=O)CN(C)C)[C@H]2CS(=O)(=O)C[C@H]21. The Morgan fingerprint density at radius 2 is 1.67 bits per heavy atom. The zero-order valence-corrected chi connectivity index (χ0v) is 13.3. The molecule has 0 aromatic rings. The summed E-state index contributed by atoms with van der Waals surface area (Å²) >= 11 is 0. The summed E-state index contributed by atoms with van der Waals surface area (Å²) in [5.74, 6) is -0.320. The van der Waals surface area contributed by atoms with Gasteiger partial charge in [0.05, 0.1) is 37.2 Å². The lowest BCUT2D eigenvalue weighted by atomic mass is 10.1. The van der Waals surface area contributed by atoms with Crippen LogP contribution in [0.1, 0.15) is 0 Å². The highest BCUT2D eigenvalue weighted by Gasteiger charge is 2.49. The molecule has 9 heteroatoms. The summed E-state index contributed by atoms with van der Waals surface area (Å²) in [6.45, 7) is 0.850. The van der Waals surface area contributed by atoms with Crippen LogP contribution in [0.25, 0.3) is 0 Å². The van der Waals surface area contributed by atoms with Crippen molar-refractivity contribution in [3.05, 3.63) is 0 Å². The number of amides is 2. The van der Waals surface area contributed by atoms with Crippen molar-refractivity contribution in [2.75, 3.05) is 52.3 Å². The Morgan fingerprint density at radius 1 is 1.14 bits per heavy atom. The second-order valence-electron chi connectivity index (χ2n) is 5.70. The van der Waals surface area contributed by atoms with E-state index in [0.717, 1.165) is 0 Å². The third-order valence-electron chi connectivity index (χ3n) is 3.86. The van der Waals surface area contributed by atoms with Crippen LogP contribution in [0, 0.1) is 0 Å². The highest BCUT2D eigenvalue weighted by molar-refractivity contribution is 7.91. The smallest absolute Gasteiger partial charge is 0.409 e. The number of hydrogen-bond donors (Lipinski definition) is 0. The minimum Gasteiger partial charge on any atom is -0.453 e. The summed E-state index contributed by atoms with van der Waals surface area (Å²) < 4.78 is 28.5. The quantitative estimate of drug-likeness (QED) is 0.624. The third kappa shape index (κ3) is 3.29. The molecule has 2 rings (SSSR count). The topological polar surface area (TPSA) is 87.2 Å². The second kappa shape index (κ2) is 5.80. The molecule has 21 heavy (non-hydrogen) atoms. The first-order valence-corrected chi connectivity index (χ1v) is 8.56. The van der Waals surface area contributed by atoms with Crippen molar-refractivity contribution in [3.8, 4) is 0 Å². The van der Waals surface area contributed by atoms with Gasteiger partial charge in [-0.1, -0.05) is 0 Å². The molecule has 0 aliphatic carbocycles. The summed E-state index contributed by atoms with van der Waals surface area (Å²) in [7, 11) is 1.58. The van der Waals surface area contributed by atoms with Gasteiger partial charge in [0.1, 0.15) is 0 Å². The molecule has 0 saturated carbocycles. The molecule has 0 N–H and O–H groups in total. The van der Waals surface area contributed by atoms with Crippen LogP contribution in [-0.4, -0.2) is 99.5 Å². The largest absolute Gasteiger partial charge is 0.453 e. The molecule has 2 heterocycles. The van der Waals surface area contributed by atoms with Crippen molar-refractivity contribution in [2.45, 2.75) is 12.1 Å². The lowest BCUT2D eigenvalue weighted by Gasteiger charge is -2.43. The highest BCUT2D eigenvalue weighted by atomic mass is 32.2. The van der Waals surface area contributed by atoms with E-state index < -0.39 is 28.0 Å². The number of hydrogen-bond acceptors (Lipinski definition) is 6. The standard InChI is InChI=1S/C12H21N3O5S/c1-13(2)6-11(16)14-4-5-15(12(17)20-3)10-8-21(18,19)7-9(10)14/h9-10H,4-8H2,1-3H3/t9-,10+/m0/s1. The molecular weight excluding hydrogens is 298 g/mol. The number of carbonyl (C=O) groups is 2. The van der Waals surface area contributed by atoms with Gasteiger partial charge in [-0.25, -0.2) is 13.2 Å². The number of ether oxygens (including phenoxy) is 1. The number of carbonyl (C=O) groups excluding carboxylic acids is 2. The minimum absolute atomic E-state index is 0.0929. The van der Waals surface area contributed by atoms with E-state index in [9.17, 15) is 18.0 Å². The molecule has 0 radical (unpaired) electrons. The minimum atomic E-state index is -3.26. The summed E-state index contributed by atoms with van der Waals surface area (Å²) in [5.41, 5.74) is 0. The van der Waals surface area contributed by atoms with E-state index in [0.29, 0.717) is 13.1 Å². The lowest BCUT2D eigenvalue weighted by molar-refractivity contribution is -0.137. The van der Waals surface area contributed by atoms with Crippen molar-refractivity contribution in [1.82, 2.24) is 14.7 Å². The Labute approximate surface area is 124 Å². The third-order valence-corrected chi connectivity index (χ3v) is 5.56. The summed E-state index contributed by atoms with van der Waals surface area (Å²) in [4.78, 5) is 28.8. The molecule has 0 bridgehead atoms. The fourth-order valence-electron chi connectivity index (χ4n) is 2.97. The predicted molar refractivity (Wildman–Crippen MR) is 75.6 cm³/mol. The summed E-state index contributed by atoms with van der Waals surface area (Å²) in [5, 5.41) is 0. The molecule has 2 atom stereocenters. The molecule has 0 aromatic carbocycles. The molecule has 2 fully saturated rings. The summed E-state index contributed by atoms with van der Waals surface area (Å²) in [6.07, 6.45) is -0.540. The van der Waals surface area contributed by atoms with Crippen LogP contribution in [0.5, 0.6) is 0 Å². The maximum Gasteiger partial charge on any atom is 0.409 e. The van der Waals surface area contributed by atoms with Gasteiger partial charge in [-0.15, -0.1) is 0 Å². The number of sulfone groups is 1. The average molecular weight is 319 g/mol. The van der Waals surface area contributed by atoms with E-state index in [-0.39, 0.29) is 24.0 Å². The van der Waals surface area contributed by atoms with E-state index >= 15 is 0 Å². The molecule has 8 nitrogen and oxygen atoms in total. The molecule has 0 spiro atoms. The Balaban J connectivity index is 2.22. The van der Waals surface area contributed by atoms with Gasteiger partial charge < -0.3 is 19.4 Å². The van der Waals surface area contributed by atoms with Gasteiger partial charge in [-0.3, -0.25) is 4.79 Å². The molecule has 2 saturated heterocycles. The fourth-order valence-corrected chi connectivity index (χ4v) is 4.95. The van der Waals surface area contributed by atoms with Crippen molar-refractivity contribution < 1.29 is 22.7 Å². The van der Waals surface area contributed by atoms with Crippen molar-refractivity contribution in [1.29, 1.82) is 0 Å². The molecule has 2 aliphatic rings. The van der Waals surface area contributed by atoms with Crippen LogP contribution >= 0.6 is 0 Å². The molecule has 0 aromatic heterocycles. The van der Waals surface area contributed by atoms with Gasteiger partial charge in [0.25, 0.3) is 0 Å². The number of piperazine rings is 1. The first-order chi connectivity index (χ1) is 9.75. The Morgan fingerprint density at radius 3 is 2.19 bits per heavy atom. The zero-order valence-electron chi connectivity index (χ0n) is 12.5. The molecule has 2 amide bonds. The number of methoxy groups -OCH3 is 1. The van der Waals surface area contributed by atoms with Crippen molar-refractivity contribution >= 4 is 21.8 Å². The molecule has 120 valence electrons. The van der Waals surface area contributed by atoms with Crippen LogP contribution in [-0.2, 0) is 19.4 Å². The average Bonchev–Trinajstić information content (AvgIpc) is 2.70. The first kappa shape index (κ1) is 16.0. The van der Waals surface area contributed by atoms with Crippen molar-refractivity contribution in [3.63, 3.8) is 0 Å². The monoisotopic (exact) mass is 319 g/mol. The van der Waals surface area contributed by atoms with Crippen LogP contribution < -0.4 is 0 Å². The number of fused-ring (bicyclic) bond motifs is 1. The zero-order chi connectivity index (χ0) is 15.8. The Bertz CT molecular complexity index is 533. The van der Waals surface area contributed by atoms with E-state index in [2.05, 4.69) is 0 Å². The Hall–Kier alpha value is -1.35. The van der Waals surface area contributed by atoms with E-state index in [1.54, 1.807) is 23.9 Å². The maximum atomic E-state index is 12.3. The number of likely N-dealkylation sites (N-methyl/N-ethyl adjacent to an activating group) is 1. The highest BCUT2D eigenvalue weighted by Crippen LogP contribution is 2.27. The van der Waals surface area contributed by atoms with E-state index in [1.807, 2.05) is 0 Å². The lowest BCUT2D eigenvalue weighted by Crippen LogP contribution is -2.62. The normalized spacial score (nSPS) is 27.6. The van der Waals surface area contributed by atoms with Gasteiger partial charge in [-0.05, 0) is 14.1 Å². The molecule has 2 aliphatic heterocycles. The summed E-state index contributed by atoms with van der Waals surface area (Å²) in [6, 6.07) is -0.988.